The zero-order chi connectivity index (χ0) is 9.30. The molecule has 0 N–H and O–H groups in total. The Balaban J connectivity index is 3.36. The Bertz CT molecular complexity index is 338. The first-order valence-corrected chi connectivity index (χ1v) is 4.71. The molecule has 0 spiro atoms. The number of nitro groups is 1. The van der Waals surface area contributed by atoms with Gasteiger partial charge in [0.05, 0.1) is 4.92 Å². The first-order chi connectivity index (χ1) is 5.54. The van der Waals surface area contributed by atoms with Crippen molar-refractivity contribution in [1.29, 1.82) is 0 Å². The quantitative estimate of drug-likeness (QED) is 0.588. The molecule has 64 valence electrons. The van der Waals surface area contributed by atoms with Crippen LogP contribution in [0.2, 0.25) is 0 Å². The SMILES string of the molecule is Cc1ccc([N+](=O)[O-])c(Br)c1Br. The highest BCUT2D eigenvalue weighted by atomic mass is 79.9. The van der Waals surface area contributed by atoms with Gasteiger partial charge in [-0.3, -0.25) is 10.1 Å². The van der Waals surface area contributed by atoms with E-state index in [-0.39, 0.29) is 5.69 Å². The van der Waals surface area contributed by atoms with Crippen molar-refractivity contribution in [1.82, 2.24) is 0 Å². The number of hydrogen-bond acceptors (Lipinski definition) is 2. The summed E-state index contributed by atoms with van der Waals surface area (Å²) in [6.07, 6.45) is 0. The zero-order valence-electron chi connectivity index (χ0n) is 6.17. The van der Waals surface area contributed by atoms with Crippen molar-refractivity contribution in [3.63, 3.8) is 0 Å². The molecule has 0 saturated heterocycles. The molecular formula is C7H5Br2NO2. The van der Waals surface area contributed by atoms with Crippen LogP contribution >= 0.6 is 31.9 Å². The fourth-order valence-electron chi connectivity index (χ4n) is 0.777. The molecule has 12 heavy (non-hydrogen) atoms. The lowest BCUT2D eigenvalue weighted by Crippen LogP contribution is -1.90. The molecule has 0 radical (unpaired) electrons. The van der Waals surface area contributed by atoms with E-state index in [9.17, 15) is 10.1 Å². The van der Waals surface area contributed by atoms with Gasteiger partial charge in [0.15, 0.2) is 0 Å². The standard InChI is InChI=1S/C7H5Br2NO2/c1-4-2-3-5(10(11)12)7(9)6(4)8/h2-3H,1H3. The van der Waals surface area contributed by atoms with Gasteiger partial charge in [0.1, 0.15) is 4.47 Å². The predicted molar refractivity (Wildman–Crippen MR) is 53.2 cm³/mol. The normalized spacial score (nSPS) is 9.92. The number of rotatable bonds is 1. The Morgan fingerprint density at radius 2 is 1.92 bits per heavy atom. The third-order valence-corrected chi connectivity index (χ3v) is 3.81. The molecule has 1 rings (SSSR count). The van der Waals surface area contributed by atoms with Gasteiger partial charge in [0.2, 0.25) is 0 Å². The summed E-state index contributed by atoms with van der Waals surface area (Å²) in [4.78, 5) is 10.0. The van der Waals surface area contributed by atoms with E-state index in [2.05, 4.69) is 31.9 Å². The van der Waals surface area contributed by atoms with Gasteiger partial charge in [0, 0.05) is 10.5 Å². The van der Waals surface area contributed by atoms with E-state index in [0.29, 0.717) is 4.47 Å². The maximum absolute atomic E-state index is 10.4. The number of halogens is 2. The van der Waals surface area contributed by atoms with Crippen molar-refractivity contribution in [2.24, 2.45) is 0 Å². The number of hydrogen-bond donors (Lipinski definition) is 0. The molecule has 0 atom stereocenters. The van der Waals surface area contributed by atoms with E-state index in [1.165, 1.54) is 6.07 Å². The minimum Gasteiger partial charge on any atom is -0.258 e. The van der Waals surface area contributed by atoms with Crippen LogP contribution in [0.5, 0.6) is 0 Å². The molecular weight excluding hydrogens is 290 g/mol. The molecule has 0 aliphatic heterocycles. The molecule has 0 heterocycles. The van der Waals surface area contributed by atoms with Crippen LogP contribution in [-0.2, 0) is 0 Å². The van der Waals surface area contributed by atoms with Gasteiger partial charge in [0.25, 0.3) is 5.69 Å². The first kappa shape index (κ1) is 9.67. The van der Waals surface area contributed by atoms with Crippen molar-refractivity contribution in [3.8, 4) is 0 Å². The van der Waals surface area contributed by atoms with Crippen molar-refractivity contribution in [3.05, 3.63) is 36.8 Å². The number of nitrogens with zero attached hydrogens (tertiary/aromatic N) is 1. The molecule has 0 aliphatic carbocycles. The van der Waals surface area contributed by atoms with Gasteiger partial charge in [-0.1, -0.05) is 6.07 Å². The first-order valence-electron chi connectivity index (χ1n) is 3.13. The summed E-state index contributed by atoms with van der Waals surface area (Å²) in [5, 5.41) is 10.4. The maximum atomic E-state index is 10.4. The lowest BCUT2D eigenvalue weighted by molar-refractivity contribution is -0.385. The second-order valence-corrected chi connectivity index (χ2v) is 3.87. The smallest absolute Gasteiger partial charge is 0.258 e. The highest BCUT2D eigenvalue weighted by Crippen LogP contribution is 2.34. The lowest BCUT2D eigenvalue weighted by Gasteiger charge is -2.00. The Labute approximate surface area is 86.2 Å². The van der Waals surface area contributed by atoms with Gasteiger partial charge in [-0.2, -0.15) is 0 Å². The average Bonchev–Trinajstić information content (AvgIpc) is 2.00. The van der Waals surface area contributed by atoms with E-state index in [1.54, 1.807) is 6.07 Å². The summed E-state index contributed by atoms with van der Waals surface area (Å²) in [6.45, 7) is 1.87. The van der Waals surface area contributed by atoms with Crippen LogP contribution in [0.3, 0.4) is 0 Å². The van der Waals surface area contributed by atoms with Gasteiger partial charge in [-0.05, 0) is 44.3 Å². The summed E-state index contributed by atoms with van der Waals surface area (Å²) in [5.41, 5.74) is 1.04. The van der Waals surface area contributed by atoms with Gasteiger partial charge in [-0.25, -0.2) is 0 Å². The predicted octanol–water partition coefficient (Wildman–Crippen LogP) is 3.43. The van der Waals surface area contributed by atoms with Crippen molar-refractivity contribution < 1.29 is 4.92 Å². The van der Waals surface area contributed by atoms with Crippen LogP contribution < -0.4 is 0 Å². The van der Waals surface area contributed by atoms with E-state index < -0.39 is 4.92 Å². The molecule has 0 bridgehead atoms. The van der Waals surface area contributed by atoms with Crippen molar-refractivity contribution in [2.45, 2.75) is 6.92 Å². The summed E-state index contributed by atoms with van der Waals surface area (Å²) in [7, 11) is 0. The topological polar surface area (TPSA) is 43.1 Å². The Morgan fingerprint density at radius 1 is 1.33 bits per heavy atom. The highest BCUT2D eigenvalue weighted by molar-refractivity contribution is 9.13. The van der Waals surface area contributed by atoms with Gasteiger partial charge >= 0.3 is 0 Å². The van der Waals surface area contributed by atoms with Crippen molar-refractivity contribution in [2.75, 3.05) is 0 Å². The molecule has 1 aromatic rings. The Kier molecular flexibility index (Phi) is 2.85. The largest absolute Gasteiger partial charge is 0.284 e. The molecule has 0 aliphatic rings. The average molecular weight is 295 g/mol. The zero-order valence-corrected chi connectivity index (χ0v) is 9.35. The number of aryl methyl sites for hydroxylation is 1. The minimum absolute atomic E-state index is 0.0764. The third kappa shape index (κ3) is 1.67. The molecule has 0 amide bonds. The second-order valence-electron chi connectivity index (χ2n) is 2.29. The molecule has 0 aromatic heterocycles. The van der Waals surface area contributed by atoms with Gasteiger partial charge in [-0.15, -0.1) is 0 Å². The van der Waals surface area contributed by atoms with Crippen LogP contribution in [0.1, 0.15) is 5.56 Å². The highest BCUT2D eigenvalue weighted by Gasteiger charge is 2.14. The van der Waals surface area contributed by atoms with Crippen LogP contribution in [0.4, 0.5) is 5.69 Å². The summed E-state index contributed by atoms with van der Waals surface area (Å²) >= 11 is 6.39. The fourth-order valence-corrected chi connectivity index (χ4v) is 1.70. The lowest BCUT2D eigenvalue weighted by atomic mass is 10.2. The second kappa shape index (κ2) is 3.53. The van der Waals surface area contributed by atoms with Crippen molar-refractivity contribution >= 4 is 37.5 Å². The van der Waals surface area contributed by atoms with Crippen LogP contribution in [0.25, 0.3) is 0 Å². The van der Waals surface area contributed by atoms with E-state index in [1.807, 2.05) is 6.92 Å². The molecule has 5 heteroatoms. The number of nitro benzene ring substituents is 1. The Hall–Kier alpha value is -0.420. The van der Waals surface area contributed by atoms with Crippen LogP contribution in [0.15, 0.2) is 21.1 Å². The Morgan fingerprint density at radius 3 is 2.42 bits per heavy atom. The van der Waals surface area contributed by atoms with Crippen LogP contribution in [-0.4, -0.2) is 4.92 Å². The fraction of sp³-hybridized carbons (Fsp3) is 0.143. The summed E-state index contributed by atoms with van der Waals surface area (Å²) in [5.74, 6) is 0. The van der Waals surface area contributed by atoms with Gasteiger partial charge < -0.3 is 0 Å². The van der Waals surface area contributed by atoms with Crippen LogP contribution in [0, 0.1) is 17.0 Å². The maximum Gasteiger partial charge on any atom is 0.284 e. The summed E-state index contributed by atoms with van der Waals surface area (Å²) < 4.78 is 1.23. The molecule has 0 fully saturated rings. The monoisotopic (exact) mass is 293 g/mol. The van der Waals surface area contributed by atoms with E-state index >= 15 is 0 Å². The van der Waals surface area contributed by atoms with E-state index in [0.717, 1.165) is 10.0 Å². The molecule has 0 unspecified atom stereocenters. The minimum atomic E-state index is -0.422. The molecule has 0 saturated carbocycles. The summed E-state index contributed by atoms with van der Waals surface area (Å²) in [6, 6.07) is 3.18. The van der Waals surface area contributed by atoms with E-state index in [4.69, 9.17) is 0 Å². The molecule has 3 nitrogen and oxygen atoms in total. The third-order valence-electron chi connectivity index (χ3n) is 1.45. The number of benzene rings is 1. The molecule has 1 aromatic carbocycles.